The second kappa shape index (κ2) is 6.75. The molecule has 0 bridgehead atoms. The van der Waals surface area contributed by atoms with Crippen LogP contribution in [0.3, 0.4) is 0 Å². The van der Waals surface area contributed by atoms with Gasteiger partial charge in [0.25, 0.3) is 0 Å². The van der Waals surface area contributed by atoms with Crippen molar-refractivity contribution >= 4 is 0 Å². The van der Waals surface area contributed by atoms with Gasteiger partial charge in [-0.3, -0.25) is 0 Å². The number of hydrogen-bond donors (Lipinski definition) is 1. The van der Waals surface area contributed by atoms with Crippen LogP contribution in [-0.2, 0) is 0 Å². The van der Waals surface area contributed by atoms with Gasteiger partial charge in [0.2, 0.25) is 5.88 Å². The van der Waals surface area contributed by atoms with Crippen LogP contribution >= 0.6 is 0 Å². The van der Waals surface area contributed by atoms with Gasteiger partial charge in [0.05, 0.1) is 18.8 Å². The molecule has 1 atom stereocenters. The molecule has 0 aromatic carbocycles. The third-order valence-corrected chi connectivity index (χ3v) is 2.68. The summed E-state index contributed by atoms with van der Waals surface area (Å²) in [7, 11) is 1.59. The van der Waals surface area contributed by atoms with Crippen LogP contribution in [0.15, 0.2) is 31.1 Å². The van der Waals surface area contributed by atoms with Crippen molar-refractivity contribution in [2.24, 2.45) is 0 Å². The van der Waals surface area contributed by atoms with Crippen LogP contribution in [0.25, 0.3) is 0 Å². The monoisotopic (exact) mass is 259 g/mol. The van der Waals surface area contributed by atoms with E-state index in [9.17, 15) is 0 Å². The summed E-state index contributed by atoms with van der Waals surface area (Å²) in [5.74, 6) is 0.546. The van der Waals surface area contributed by atoms with E-state index in [2.05, 4.69) is 32.2 Å². The topological polar surface area (TPSA) is 72.8 Å². The fourth-order valence-corrected chi connectivity index (χ4v) is 1.76. The van der Waals surface area contributed by atoms with Crippen molar-refractivity contribution in [1.29, 1.82) is 0 Å². The molecule has 0 radical (unpaired) electrons. The molecule has 0 aliphatic heterocycles. The number of ether oxygens (including phenoxy) is 1. The number of rotatable bonds is 6. The predicted octanol–water partition coefficient (Wildman–Crippen LogP) is 1.36. The Labute approximate surface area is 112 Å². The first kappa shape index (κ1) is 13.4. The number of methoxy groups -OCH3 is 1. The molecule has 2 rings (SSSR count). The van der Waals surface area contributed by atoms with Crippen LogP contribution in [0.5, 0.6) is 5.88 Å². The molecule has 0 aliphatic rings. The minimum atomic E-state index is -0.0574. The first-order chi connectivity index (χ1) is 9.35. The van der Waals surface area contributed by atoms with Crippen LogP contribution in [0.1, 0.15) is 30.6 Å². The van der Waals surface area contributed by atoms with E-state index in [0.29, 0.717) is 5.88 Å². The molecule has 0 spiro atoms. The van der Waals surface area contributed by atoms with E-state index in [1.54, 1.807) is 19.5 Å². The summed E-state index contributed by atoms with van der Waals surface area (Å²) in [5.41, 5.74) is 1.81. The lowest BCUT2D eigenvalue weighted by Crippen LogP contribution is -2.24. The van der Waals surface area contributed by atoms with Gasteiger partial charge in [-0.2, -0.15) is 0 Å². The van der Waals surface area contributed by atoms with Gasteiger partial charge in [-0.05, 0) is 13.0 Å². The molecule has 0 fully saturated rings. The van der Waals surface area contributed by atoms with Gasteiger partial charge in [0.1, 0.15) is 12.7 Å². The lowest BCUT2D eigenvalue weighted by Gasteiger charge is -2.17. The summed E-state index contributed by atoms with van der Waals surface area (Å²) in [6, 6.07) is 1.76. The third kappa shape index (κ3) is 3.45. The molecule has 0 aliphatic carbocycles. The number of hydrogen-bond acceptors (Lipinski definition) is 6. The first-order valence-electron chi connectivity index (χ1n) is 6.19. The summed E-state index contributed by atoms with van der Waals surface area (Å²) >= 11 is 0. The molecule has 6 heteroatoms. The lowest BCUT2D eigenvalue weighted by atomic mass is 10.1. The number of aromatic nitrogens is 4. The summed E-state index contributed by atoms with van der Waals surface area (Å²) in [5, 5.41) is 3.43. The molecular weight excluding hydrogens is 242 g/mol. The smallest absolute Gasteiger partial charge is 0.216 e. The van der Waals surface area contributed by atoms with Crippen LogP contribution in [-0.4, -0.2) is 33.6 Å². The maximum atomic E-state index is 5.14. The molecule has 1 N–H and O–H groups in total. The van der Waals surface area contributed by atoms with Gasteiger partial charge >= 0.3 is 0 Å². The average molecular weight is 259 g/mol. The molecule has 1 unspecified atom stereocenters. The molecule has 0 saturated heterocycles. The second-order valence-corrected chi connectivity index (χ2v) is 4.04. The predicted molar refractivity (Wildman–Crippen MR) is 70.8 cm³/mol. The van der Waals surface area contributed by atoms with Crippen molar-refractivity contribution in [2.75, 3.05) is 13.7 Å². The maximum absolute atomic E-state index is 5.14. The Hall–Kier alpha value is -2.08. The molecule has 0 saturated carbocycles. The van der Waals surface area contributed by atoms with Gasteiger partial charge in [0.15, 0.2) is 0 Å². The highest BCUT2D eigenvalue weighted by atomic mass is 16.5. The lowest BCUT2D eigenvalue weighted by molar-refractivity contribution is 0.394. The van der Waals surface area contributed by atoms with Gasteiger partial charge in [-0.25, -0.2) is 19.9 Å². The summed E-state index contributed by atoms with van der Waals surface area (Å²) in [6.07, 6.45) is 7.62. The Morgan fingerprint density at radius 3 is 2.68 bits per heavy atom. The highest BCUT2D eigenvalue weighted by Crippen LogP contribution is 2.20. The van der Waals surface area contributed by atoms with E-state index in [1.165, 1.54) is 12.7 Å². The molecule has 2 aromatic heterocycles. The summed E-state index contributed by atoms with van der Waals surface area (Å²) < 4.78 is 5.14. The van der Waals surface area contributed by atoms with E-state index in [1.807, 2.05) is 6.07 Å². The Balaban J connectivity index is 2.31. The SMILES string of the molecule is CCCNC(c1cncnc1)c1cc(OC)ncn1. The highest BCUT2D eigenvalue weighted by molar-refractivity contribution is 5.25. The van der Waals surface area contributed by atoms with Crippen molar-refractivity contribution in [3.8, 4) is 5.88 Å². The minimum absolute atomic E-state index is 0.0574. The Bertz CT molecular complexity index is 505. The van der Waals surface area contributed by atoms with Crippen molar-refractivity contribution < 1.29 is 4.74 Å². The van der Waals surface area contributed by atoms with E-state index in [4.69, 9.17) is 4.74 Å². The van der Waals surface area contributed by atoms with E-state index < -0.39 is 0 Å². The fourth-order valence-electron chi connectivity index (χ4n) is 1.76. The van der Waals surface area contributed by atoms with Crippen LogP contribution in [0, 0.1) is 0 Å². The summed E-state index contributed by atoms with van der Waals surface area (Å²) in [4.78, 5) is 16.4. The van der Waals surface area contributed by atoms with Crippen molar-refractivity contribution in [1.82, 2.24) is 25.3 Å². The summed E-state index contributed by atoms with van der Waals surface area (Å²) in [6.45, 7) is 3.00. The molecule has 2 heterocycles. The van der Waals surface area contributed by atoms with Gasteiger partial charge in [-0.1, -0.05) is 6.92 Å². The van der Waals surface area contributed by atoms with E-state index in [-0.39, 0.29) is 6.04 Å². The van der Waals surface area contributed by atoms with Crippen LogP contribution < -0.4 is 10.1 Å². The Kier molecular flexibility index (Phi) is 4.74. The van der Waals surface area contributed by atoms with Gasteiger partial charge in [0, 0.05) is 24.0 Å². The number of nitrogens with one attached hydrogen (secondary N) is 1. The molecule has 6 nitrogen and oxygen atoms in total. The van der Waals surface area contributed by atoms with E-state index >= 15 is 0 Å². The van der Waals surface area contributed by atoms with Crippen molar-refractivity contribution in [3.63, 3.8) is 0 Å². The molecule has 0 amide bonds. The Morgan fingerprint density at radius 1 is 1.21 bits per heavy atom. The van der Waals surface area contributed by atoms with Crippen molar-refractivity contribution in [3.05, 3.63) is 42.4 Å². The zero-order valence-electron chi connectivity index (χ0n) is 11.1. The normalized spacial score (nSPS) is 12.1. The second-order valence-electron chi connectivity index (χ2n) is 4.04. The zero-order chi connectivity index (χ0) is 13.5. The van der Waals surface area contributed by atoms with Gasteiger partial charge < -0.3 is 10.1 Å². The molecule has 100 valence electrons. The van der Waals surface area contributed by atoms with Crippen LogP contribution in [0.4, 0.5) is 0 Å². The number of nitrogens with zero attached hydrogens (tertiary/aromatic N) is 4. The standard InChI is InChI=1S/C13H17N5O/c1-3-4-16-13(10-6-14-8-15-7-10)11-5-12(19-2)18-9-17-11/h5-9,13,16H,3-4H2,1-2H3. The zero-order valence-corrected chi connectivity index (χ0v) is 11.1. The third-order valence-electron chi connectivity index (χ3n) is 2.68. The van der Waals surface area contributed by atoms with Crippen molar-refractivity contribution in [2.45, 2.75) is 19.4 Å². The van der Waals surface area contributed by atoms with E-state index in [0.717, 1.165) is 24.2 Å². The quantitative estimate of drug-likeness (QED) is 0.844. The molecule has 19 heavy (non-hydrogen) atoms. The molecular formula is C13H17N5O. The Morgan fingerprint density at radius 2 is 2.00 bits per heavy atom. The van der Waals surface area contributed by atoms with Gasteiger partial charge in [-0.15, -0.1) is 0 Å². The molecule has 2 aromatic rings. The minimum Gasteiger partial charge on any atom is -0.481 e. The average Bonchev–Trinajstić information content (AvgIpc) is 2.49. The maximum Gasteiger partial charge on any atom is 0.216 e. The van der Waals surface area contributed by atoms with Crippen LogP contribution in [0.2, 0.25) is 0 Å². The first-order valence-corrected chi connectivity index (χ1v) is 6.19. The fraction of sp³-hybridized carbons (Fsp3) is 0.385. The largest absolute Gasteiger partial charge is 0.481 e. The highest BCUT2D eigenvalue weighted by Gasteiger charge is 2.16.